The second kappa shape index (κ2) is 7.75. The Morgan fingerprint density at radius 3 is 2.68 bits per heavy atom. The highest BCUT2D eigenvalue weighted by molar-refractivity contribution is 5.92. The topological polar surface area (TPSA) is 59.8 Å². The van der Waals surface area contributed by atoms with Crippen molar-refractivity contribution >= 4 is 16.9 Å². The summed E-state index contributed by atoms with van der Waals surface area (Å²) in [6.07, 6.45) is 0.742. The first-order valence-electron chi connectivity index (χ1n) is 7.58. The van der Waals surface area contributed by atoms with Crippen LogP contribution in [0.5, 0.6) is 0 Å². The average molecular weight is 303 g/mol. The molecule has 0 unspecified atom stereocenters. The highest BCUT2D eigenvalue weighted by Gasteiger charge is 2.15. The minimum absolute atomic E-state index is 0.0541. The van der Waals surface area contributed by atoms with Gasteiger partial charge in [0.2, 0.25) is 0 Å². The fourth-order valence-electron chi connectivity index (χ4n) is 2.27. The van der Waals surface area contributed by atoms with Crippen molar-refractivity contribution in [3.05, 3.63) is 46.3 Å². The molecule has 0 aliphatic carbocycles. The van der Waals surface area contributed by atoms with Crippen molar-refractivity contribution in [1.82, 2.24) is 4.90 Å². The number of hydrogen-bond acceptors (Lipinski definition) is 5. The van der Waals surface area contributed by atoms with Gasteiger partial charge >= 0.3 is 11.6 Å². The average Bonchev–Trinajstić information content (AvgIpc) is 2.54. The van der Waals surface area contributed by atoms with E-state index in [-0.39, 0.29) is 5.56 Å². The molecule has 0 fully saturated rings. The maximum absolute atomic E-state index is 12.0. The minimum Gasteiger partial charge on any atom is -0.462 e. The van der Waals surface area contributed by atoms with Gasteiger partial charge in [-0.3, -0.25) is 0 Å². The van der Waals surface area contributed by atoms with Gasteiger partial charge in [0.1, 0.15) is 11.1 Å². The molecule has 0 atom stereocenters. The number of carbonyl (C=O) groups excluding carboxylic acids is 1. The summed E-state index contributed by atoms with van der Waals surface area (Å²) in [6.45, 7) is 7.29. The maximum Gasteiger partial charge on any atom is 0.351 e. The van der Waals surface area contributed by atoms with E-state index in [1.54, 1.807) is 18.2 Å². The number of fused-ring (bicyclic) bond motifs is 1. The molecule has 0 saturated carbocycles. The van der Waals surface area contributed by atoms with E-state index in [9.17, 15) is 9.59 Å². The van der Waals surface area contributed by atoms with E-state index in [1.165, 1.54) is 6.07 Å². The molecule has 0 aliphatic heterocycles. The minimum atomic E-state index is -0.660. The van der Waals surface area contributed by atoms with E-state index < -0.39 is 11.6 Å². The predicted molar refractivity (Wildman–Crippen MR) is 85.2 cm³/mol. The van der Waals surface area contributed by atoms with Gasteiger partial charge in [-0.2, -0.15) is 0 Å². The van der Waals surface area contributed by atoms with Gasteiger partial charge in [0.05, 0.1) is 6.61 Å². The molecule has 5 heteroatoms. The SMILES string of the molecule is CCN(CC)CCCOC(=O)c1cc2ccccc2oc1=O. The molecule has 2 rings (SSSR count). The fraction of sp³-hybridized carbons (Fsp3) is 0.412. The third-order valence-corrected chi connectivity index (χ3v) is 3.61. The Morgan fingerprint density at radius 2 is 1.95 bits per heavy atom. The number of rotatable bonds is 7. The molecule has 0 bridgehead atoms. The van der Waals surface area contributed by atoms with E-state index >= 15 is 0 Å². The summed E-state index contributed by atoms with van der Waals surface area (Å²) in [7, 11) is 0. The Hall–Kier alpha value is -2.14. The zero-order valence-corrected chi connectivity index (χ0v) is 13.0. The number of ether oxygens (including phenoxy) is 1. The first-order valence-corrected chi connectivity index (χ1v) is 7.58. The van der Waals surface area contributed by atoms with Gasteiger partial charge in [0.25, 0.3) is 0 Å². The van der Waals surface area contributed by atoms with Crippen molar-refractivity contribution in [3.63, 3.8) is 0 Å². The van der Waals surface area contributed by atoms with Crippen LogP contribution < -0.4 is 5.63 Å². The second-order valence-corrected chi connectivity index (χ2v) is 5.00. The van der Waals surface area contributed by atoms with Gasteiger partial charge in [-0.1, -0.05) is 32.0 Å². The molecule has 1 aromatic carbocycles. The lowest BCUT2D eigenvalue weighted by Gasteiger charge is -2.17. The predicted octanol–water partition coefficient (Wildman–Crippen LogP) is 2.68. The normalized spacial score (nSPS) is 11.0. The van der Waals surface area contributed by atoms with Crippen LogP contribution in [0.1, 0.15) is 30.6 Å². The van der Waals surface area contributed by atoms with Crippen LogP contribution in [0.25, 0.3) is 11.0 Å². The molecule has 0 aliphatic rings. The fourth-order valence-corrected chi connectivity index (χ4v) is 2.27. The van der Waals surface area contributed by atoms with E-state index in [1.807, 2.05) is 6.07 Å². The molecule has 0 N–H and O–H groups in total. The van der Waals surface area contributed by atoms with E-state index in [0.717, 1.165) is 26.1 Å². The van der Waals surface area contributed by atoms with Gasteiger partial charge in [0, 0.05) is 11.9 Å². The zero-order valence-electron chi connectivity index (χ0n) is 13.0. The number of esters is 1. The maximum atomic E-state index is 12.0. The van der Waals surface area contributed by atoms with Crippen molar-refractivity contribution in [2.75, 3.05) is 26.2 Å². The van der Waals surface area contributed by atoms with Gasteiger partial charge in [0.15, 0.2) is 0 Å². The molecular weight excluding hydrogens is 282 g/mol. The smallest absolute Gasteiger partial charge is 0.351 e. The molecule has 0 radical (unpaired) electrons. The van der Waals surface area contributed by atoms with Crippen LogP contribution in [0.4, 0.5) is 0 Å². The molecule has 0 spiro atoms. The highest BCUT2D eigenvalue weighted by atomic mass is 16.5. The summed E-state index contributed by atoms with van der Waals surface area (Å²) in [5, 5.41) is 0.706. The number of nitrogens with zero attached hydrogens (tertiary/aromatic N) is 1. The summed E-state index contributed by atoms with van der Waals surface area (Å²) in [6, 6.07) is 8.59. The zero-order chi connectivity index (χ0) is 15.9. The lowest BCUT2D eigenvalue weighted by Crippen LogP contribution is -2.25. The van der Waals surface area contributed by atoms with E-state index in [2.05, 4.69) is 18.7 Å². The molecular formula is C17H21NO4. The Kier molecular flexibility index (Phi) is 5.72. The van der Waals surface area contributed by atoms with Gasteiger partial charge in [-0.05, 0) is 31.6 Å². The van der Waals surface area contributed by atoms with Crippen molar-refractivity contribution in [1.29, 1.82) is 0 Å². The Balaban J connectivity index is 1.98. The van der Waals surface area contributed by atoms with Gasteiger partial charge in [-0.25, -0.2) is 9.59 Å². The molecule has 0 amide bonds. The number of carbonyl (C=O) groups is 1. The van der Waals surface area contributed by atoms with Crippen molar-refractivity contribution in [3.8, 4) is 0 Å². The van der Waals surface area contributed by atoms with Crippen LogP contribution in [-0.4, -0.2) is 37.1 Å². The van der Waals surface area contributed by atoms with Gasteiger partial charge in [-0.15, -0.1) is 0 Å². The van der Waals surface area contributed by atoms with Crippen molar-refractivity contribution < 1.29 is 13.9 Å². The quantitative estimate of drug-likeness (QED) is 0.447. The molecule has 5 nitrogen and oxygen atoms in total. The van der Waals surface area contributed by atoms with Crippen LogP contribution in [0.15, 0.2) is 39.5 Å². The number of benzene rings is 1. The van der Waals surface area contributed by atoms with Crippen LogP contribution in [0.2, 0.25) is 0 Å². The Bertz CT molecular complexity index is 688. The molecule has 1 aromatic heterocycles. The molecule has 2 aromatic rings. The van der Waals surface area contributed by atoms with Crippen molar-refractivity contribution in [2.24, 2.45) is 0 Å². The van der Waals surface area contributed by atoms with E-state index in [4.69, 9.17) is 9.15 Å². The van der Waals surface area contributed by atoms with Crippen LogP contribution in [0.3, 0.4) is 0 Å². The van der Waals surface area contributed by atoms with Gasteiger partial charge < -0.3 is 14.1 Å². The van der Waals surface area contributed by atoms with Crippen molar-refractivity contribution in [2.45, 2.75) is 20.3 Å². The Labute approximate surface area is 129 Å². The number of para-hydroxylation sites is 1. The molecule has 0 saturated heterocycles. The first-order chi connectivity index (χ1) is 10.7. The Morgan fingerprint density at radius 1 is 1.23 bits per heavy atom. The lowest BCUT2D eigenvalue weighted by atomic mass is 10.2. The summed E-state index contributed by atoms with van der Waals surface area (Å²) in [5.74, 6) is -0.626. The van der Waals surface area contributed by atoms with Crippen LogP contribution in [-0.2, 0) is 4.74 Å². The standard InChI is InChI=1S/C17H21NO4/c1-3-18(4-2)10-7-11-21-16(19)14-12-13-8-5-6-9-15(13)22-17(14)20/h5-6,8-9,12H,3-4,7,10-11H2,1-2H3. The van der Waals surface area contributed by atoms with Crippen LogP contribution >= 0.6 is 0 Å². The third-order valence-electron chi connectivity index (χ3n) is 3.61. The molecule has 118 valence electrons. The summed E-state index contributed by atoms with van der Waals surface area (Å²) in [5.41, 5.74) is -0.250. The monoisotopic (exact) mass is 303 g/mol. The third kappa shape index (κ3) is 3.95. The van der Waals surface area contributed by atoms with Crippen LogP contribution in [0, 0.1) is 0 Å². The van der Waals surface area contributed by atoms with E-state index in [0.29, 0.717) is 17.6 Å². The molecule has 1 heterocycles. The lowest BCUT2D eigenvalue weighted by molar-refractivity contribution is 0.0485. The second-order valence-electron chi connectivity index (χ2n) is 5.00. The largest absolute Gasteiger partial charge is 0.462 e. The highest BCUT2D eigenvalue weighted by Crippen LogP contribution is 2.13. The first kappa shape index (κ1) is 16.2. The molecule has 22 heavy (non-hydrogen) atoms. The summed E-state index contributed by atoms with van der Waals surface area (Å²) < 4.78 is 10.3. The summed E-state index contributed by atoms with van der Waals surface area (Å²) in [4.78, 5) is 26.1. The summed E-state index contributed by atoms with van der Waals surface area (Å²) >= 11 is 0. The number of hydrogen-bond donors (Lipinski definition) is 0.